The van der Waals surface area contributed by atoms with E-state index in [1.165, 1.54) is 28.9 Å². The lowest BCUT2D eigenvalue weighted by Gasteiger charge is -2.11. The zero-order valence-corrected chi connectivity index (χ0v) is 21.0. The summed E-state index contributed by atoms with van der Waals surface area (Å²) < 4.78 is 34.0. The van der Waals surface area contributed by atoms with Gasteiger partial charge in [0.25, 0.3) is 5.91 Å². The molecule has 0 bridgehead atoms. The van der Waals surface area contributed by atoms with Crippen LogP contribution in [0.2, 0.25) is 5.02 Å². The van der Waals surface area contributed by atoms with E-state index < -0.39 is 12.5 Å². The molecule has 0 fully saturated rings. The van der Waals surface area contributed by atoms with E-state index in [0.29, 0.717) is 25.3 Å². The van der Waals surface area contributed by atoms with Crippen LogP contribution in [0, 0.1) is 0 Å². The van der Waals surface area contributed by atoms with Gasteiger partial charge in [0.05, 0.1) is 18.4 Å². The maximum absolute atomic E-state index is 13.2. The molecule has 0 radical (unpaired) electrons. The Morgan fingerprint density at radius 2 is 2.03 bits per heavy atom. The number of para-hydroxylation sites is 1. The average Bonchev–Trinajstić information content (AvgIpc) is 3.52. The molecular weight excluding hydrogens is 532 g/mol. The van der Waals surface area contributed by atoms with Crippen LogP contribution in [0.1, 0.15) is 15.9 Å². The molecule has 3 heterocycles. The van der Waals surface area contributed by atoms with Crippen molar-refractivity contribution < 1.29 is 23.4 Å². The minimum Gasteiger partial charge on any atom is -0.508 e. The number of halogens is 3. The average molecular weight is 554 g/mol. The molecule has 5 aromatic rings. The summed E-state index contributed by atoms with van der Waals surface area (Å²) in [6, 6.07) is 12.8. The highest BCUT2D eigenvalue weighted by Crippen LogP contribution is 2.37. The predicted molar refractivity (Wildman–Crippen MR) is 140 cm³/mol. The summed E-state index contributed by atoms with van der Waals surface area (Å²) in [5.41, 5.74) is 1.91. The van der Waals surface area contributed by atoms with Gasteiger partial charge in [-0.05, 0) is 30.3 Å². The van der Waals surface area contributed by atoms with E-state index in [1.54, 1.807) is 47.5 Å². The third-order valence-electron chi connectivity index (χ3n) is 5.77. The van der Waals surface area contributed by atoms with Crippen molar-refractivity contribution in [2.24, 2.45) is 0 Å². The number of ether oxygens (including phenoxy) is 1. The number of carbonyl (C=O) groups is 1. The summed E-state index contributed by atoms with van der Waals surface area (Å²) in [6.07, 6.45) is 6.17. The van der Waals surface area contributed by atoms with Crippen molar-refractivity contribution in [1.29, 1.82) is 0 Å². The van der Waals surface area contributed by atoms with Crippen LogP contribution in [0.3, 0.4) is 0 Å². The SMILES string of the molecule is O=C(Nc1cn(CCNCc2ccccc2O)nc1-c1cc(Cl)ccc1OC(F)F)c1cnn2cccnc12. The fraction of sp³-hybridized carbons (Fsp3) is 0.154. The second-order valence-corrected chi connectivity index (χ2v) is 8.82. The first kappa shape index (κ1) is 26.1. The molecular formula is C26H22ClF2N7O3. The fourth-order valence-electron chi connectivity index (χ4n) is 3.97. The number of nitrogens with zero attached hydrogens (tertiary/aromatic N) is 5. The molecule has 13 heteroatoms. The highest BCUT2D eigenvalue weighted by Gasteiger charge is 2.22. The van der Waals surface area contributed by atoms with Crippen molar-refractivity contribution in [1.82, 2.24) is 29.7 Å². The van der Waals surface area contributed by atoms with Gasteiger partial charge in [0.1, 0.15) is 22.8 Å². The van der Waals surface area contributed by atoms with Crippen LogP contribution < -0.4 is 15.4 Å². The van der Waals surface area contributed by atoms with Gasteiger partial charge in [0.2, 0.25) is 0 Å². The Morgan fingerprint density at radius 1 is 1.18 bits per heavy atom. The van der Waals surface area contributed by atoms with Crippen LogP contribution in [0.15, 0.2) is 73.3 Å². The quantitative estimate of drug-likeness (QED) is 0.216. The van der Waals surface area contributed by atoms with E-state index in [0.717, 1.165) is 5.56 Å². The van der Waals surface area contributed by atoms with Crippen molar-refractivity contribution in [3.05, 3.63) is 89.5 Å². The number of phenolic OH excluding ortho intramolecular Hbond substituents is 1. The number of nitrogens with one attached hydrogen (secondary N) is 2. The fourth-order valence-corrected chi connectivity index (χ4v) is 4.14. The molecule has 10 nitrogen and oxygen atoms in total. The Labute approximate surface area is 225 Å². The van der Waals surface area contributed by atoms with E-state index >= 15 is 0 Å². The lowest BCUT2D eigenvalue weighted by Crippen LogP contribution is -2.19. The van der Waals surface area contributed by atoms with Crippen LogP contribution in [0.5, 0.6) is 11.5 Å². The molecule has 200 valence electrons. The van der Waals surface area contributed by atoms with Crippen molar-refractivity contribution in [3.8, 4) is 22.8 Å². The first-order valence-electron chi connectivity index (χ1n) is 11.8. The second-order valence-electron chi connectivity index (χ2n) is 8.38. The topological polar surface area (TPSA) is 119 Å². The first-order valence-corrected chi connectivity index (χ1v) is 12.2. The number of aromatic nitrogens is 5. The standard InChI is InChI=1S/C26H22ClF2N7O3/c27-17-6-7-22(39-26(28)29)18(12-17)23-20(33-25(38)19-14-32-36-10-3-8-31-24(19)36)15-35(34-23)11-9-30-13-16-4-1-2-5-21(16)37/h1-8,10,12,14-15,26,30,37H,9,11,13H2,(H,33,38). The molecule has 0 aliphatic rings. The Balaban J connectivity index is 1.43. The van der Waals surface area contributed by atoms with Gasteiger partial charge in [0.15, 0.2) is 5.65 Å². The Hall–Kier alpha value is -4.55. The van der Waals surface area contributed by atoms with Crippen LogP contribution in [-0.2, 0) is 13.1 Å². The number of phenols is 1. The van der Waals surface area contributed by atoms with Crippen molar-refractivity contribution in [2.45, 2.75) is 19.7 Å². The molecule has 0 atom stereocenters. The van der Waals surface area contributed by atoms with Crippen LogP contribution >= 0.6 is 11.6 Å². The Kier molecular flexibility index (Phi) is 7.66. The van der Waals surface area contributed by atoms with E-state index in [2.05, 4.69) is 25.8 Å². The van der Waals surface area contributed by atoms with Crippen molar-refractivity contribution in [3.63, 3.8) is 0 Å². The maximum Gasteiger partial charge on any atom is 0.387 e. The third-order valence-corrected chi connectivity index (χ3v) is 6.01. The predicted octanol–water partition coefficient (Wildman–Crippen LogP) is 4.60. The molecule has 1 amide bonds. The number of alkyl halides is 2. The molecule has 39 heavy (non-hydrogen) atoms. The number of rotatable bonds is 10. The number of hydrogen-bond acceptors (Lipinski definition) is 7. The summed E-state index contributed by atoms with van der Waals surface area (Å²) in [6.45, 7) is -1.84. The lowest BCUT2D eigenvalue weighted by atomic mass is 10.1. The van der Waals surface area contributed by atoms with Crippen molar-refractivity contribution in [2.75, 3.05) is 11.9 Å². The molecule has 0 spiro atoms. The lowest BCUT2D eigenvalue weighted by molar-refractivity contribution is -0.0494. The van der Waals surface area contributed by atoms with E-state index in [-0.39, 0.29) is 39.0 Å². The van der Waals surface area contributed by atoms with Gasteiger partial charge >= 0.3 is 6.61 Å². The monoisotopic (exact) mass is 553 g/mol. The smallest absolute Gasteiger partial charge is 0.387 e. The number of carbonyl (C=O) groups excluding carboxylic acids is 1. The molecule has 0 aliphatic heterocycles. The summed E-state index contributed by atoms with van der Waals surface area (Å²) >= 11 is 6.17. The van der Waals surface area contributed by atoms with Gasteiger partial charge in [-0.1, -0.05) is 29.8 Å². The van der Waals surface area contributed by atoms with Crippen LogP contribution in [0.4, 0.5) is 14.5 Å². The molecule has 3 N–H and O–H groups in total. The Bertz CT molecular complexity index is 1620. The minimum absolute atomic E-state index is 0.148. The van der Waals surface area contributed by atoms with E-state index in [1.807, 2.05) is 6.07 Å². The number of benzene rings is 2. The number of anilines is 1. The summed E-state index contributed by atoms with van der Waals surface area (Å²) in [4.78, 5) is 17.4. The molecule has 0 aliphatic carbocycles. The van der Waals surface area contributed by atoms with Gasteiger partial charge in [-0.3, -0.25) is 9.48 Å². The van der Waals surface area contributed by atoms with E-state index in [9.17, 15) is 18.7 Å². The molecule has 5 rings (SSSR count). The highest BCUT2D eigenvalue weighted by molar-refractivity contribution is 6.31. The van der Waals surface area contributed by atoms with Crippen LogP contribution in [0.25, 0.3) is 16.9 Å². The summed E-state index contributed by atoms with van der Waals surface area (Å²) in [5.74, 6) is -0.475. The Morgan fingerprint density at radius 3 is 2.85 bits per heavy atom. The molecule has 3 aromatic heterocycles. The molecule has 0 saturated carbocycles. The summed E-state index contributed by atoms with van der Waals surface area (Å²) in [7, 11) is 0. The first-order chi connectivity index (χ1) is 18.9. The highest BCUT2D eigenvalue weighted by atomic mass is 35.5. The minimum atomic E-state index is -3.08. The molecule has 0 saturated heterocycles. The summed E-state index contributed by atoms with van der Waals surface area (Å²) in [5, 5.41) is 24.9. The van der Waals surface area contributed by atoms with Gasteiger partial charge < -0.3 is 20.5 Å². The molecule has 0 unspecified atom stereocenters. The van der Waals surface area contributed by atoms with Gasteiger partial charge in [-0.15, -0.1) is 0 Å². The normalized spacial score (nSPS) is 11.3. The largest absolute Gasteiger partial charge is 0.508 e. The number of amides is 1. The number of aromatic hydroxyl groups is 1. The number of hydrogen-bond donors (Lipinski definition) is 3. The van der Waals surface area contributed by atoms with Gasteiger partial charge in [-0.2, -0.15) is 19.0 Å². The van der Waals surface area contributed by atoms with Crippen molar-refractivity contribution >= 4 is 28.8 Å². The molecule has 2 aromatic carbocycles. The van der Waals surface area contributed by atoms with Gasteiger partial charge in [-0.25, -0.2) is 9.50 Å². The van der Waals surface area contributed by atoms with E-state index in [4.69, 9.17) is 16.3 Å². The zero-order chi connectivity index (χ0) is 27.4. The zero-order valence-electron chi connectivity index (χ0n) is 20.3. The number of fused-ring (bicyclic) bond motifs is 1. The second kappa shape index (κ2) is 11.5. The third kappa shape index (κ3) is 5.97. The maximum atomic E-state index is 13.2. The van der Waals surface area contributed by atoms with Crippen LogP contribution in [-0.4, -0.2) is 48.5 Å². The van der Waals surface area contributed by atoms with Gasteiger partial charge in [0, 0.05) is 47.8 Å².